The van der Waals surface area contributed by atoms with E-state index in [9.17, 15) is 8.42 Å². The normalized spacial score (nSPS) is 17.4. The molecule has 0 bridgehead atoms. The van der Waals surface area contributed by atoms with E-state index in [-0.39, 0.29) is 5.54 Å². The molecule has 0 amide bonds. The lowest BCUT2D eigenvalue weighted by molar-refractivity contribution is 0.214. The van der Waals surface area contributed by atoms with Crippen LogP contribution in [0, 0.1) is 0 Å². The van der Waals surface area contributed by atoms with Crippen molar-refractivity contribution in [1.82, 2.24) is 4.72 Å². The number of hydrogen-bond acceptors (Lipinski definition) is 3. The molecule has 1 aromatic carbocycles. The SMILES string of the molecule is CCC1(NS(=O)(=O)c2ccc(CC(N)=S)cc2)CCC1. The maximum atomic E-state index is 12.4. The summed E-state index contributed by atoms with van der Waals surface area (Å²) >= 11 is 4.84. The third-order valence-corrected chi connectivity index (χ3v) is 5.69. The van der Waals surface area contributed by atoms with Gasteiger partial charge >= 0.3 is 0 Å². The highest BCUT2D eigenvalue weighted by Crippen LogP contribution is 2.36. The molecule has 0 aromatic heterocycles. The van der Waals surface area contributed by atoms with Crippen LogP contribution < -0.4 is 10.5 Å². The molecule has 2 rings (SSSR count). The Morgan fingerprint density at radius 2 is 1.95 bits per heavy atom. The van der Waals surface area contributed by atoms with Crippen molar-refractivity contribution in [1.29, 1.82) is 0 Å². The third-order valence-electron chi connectivity index (χ3n) is 3.95. The van der Waals surface area contributed by atoms with Gasteiger partial charge in [0.1, 0.15) is 0 Å². The maximum Gasteiger partial charge on any atom is 0.241 e. The van der Waals surface area contributed by atoms with Gasteiger partial charge in [-0.3, -0.25) is 0 Å². The van der Waals surface area contributed by atoms with Crippen molar-refractivity contribution < 1.29 is 8.42 Å². The van der Waals surface area contributed by atoms with Gasteiger partial charge in [-0.1, -0.05) is 31.3 Å². The van der Waals surface area contributed by atoms with Crippen LogP contribution in [0.3, 0.4) is 0 Å². The van der Waals surface area contributed by atoms with E-state index >= 15 is 0 Å². The second-order valence-electron chi connectivity index (χ2n) is 5.38. The number of rotatable bonds is 6. The highest BCUT2D eigenvalue weighted by Gasteiger charge is 2.38. The first-order valence-corrected chi connectivity index (χ1v) is 8.67. The Labute approximate surface area is 125 Å². The van der Waals surface area contributed by atoms with Gasteiger partial charge in [0.05, 0.1) is 9.88 Å². The Bertz CT molecular complexity index is 585. The number of benzene rings is 1. The van der Waals surface area contributed by atoms with Gasteiger partial charge in [0.15, 0.2) is 0 Å². The second-order valence-corrected chi connectivity index (χ2v) is 7.59. The summed E-state index contributed by atoms with van der Waals surface area (Å²) in [6.45, 7) is 2.02. The zero-order valence-corrected chi connectivity index (χ0v) is 13.2. The van der Waals surface area contributed by atoms with Crippen molar-refractivity contribution >= 4 is 27.2 Å². The monoisotopic (exact) mass is 312 g/mol. The topological polar surface area (TPSA) is 72.2 Å². The fourth-order valence-corrected chi connectivity index (χ4v) is 4.16. The van der Waals surface area contributed by atoms with Gasteiger partial charge < -0.3 is 5.73 Å². The molecule has 0 spiro atoms. The highest BCUT2D eigenvalue weighted by atomic mass is 32.2. The van der Waals surface area contributed by atoms with Gasteiger partial charge in [0, 0.05) is 12.0 Å². The molecule has 4 nitrogen and oxygen atoms in total. The summed E-state index contributed by atoms with van der Waals surface area (Å²) in [7, 11) is -3.45. The van der Waals surface area contributed by atoms with Crippen molar-refractivity contribution in [3.63, 3.8) is 0 Å². The van der Waals surface area contributed by atoms with E-state index in [1.54, 1.807) is 24.3 Å². The summed E-state index contributed by atoms with van der Waals surface area (Å²) in [6, 6.07) is 6.73. The predicted molar refractivity (Wildman–Crippen MR) is 84.1 cm³/mol. The maximum absolute atomic E-state index is 12.4. The quantitative estimate of drug-likeness (QED) is 0.789. The molecular weight excluding hydrogens is 292 g/mol. The van der Waals surface area contributed by atoms with Gasteiger partial charge in [-0.15, -0.1) is 0 Å². The number of nitrogens with two attached hydrogens (primary N) is 1. The van der Waals surface area contributed by atoms with Gasteiger partial charge in [0.2, 0.25) is 10.0 Å². The Hall–Kier alpha value is -0.980. The van der Waals surface area contributed by atoms with Gasteiger partial charge in [0.25, 0.3) is 0 Å². The first-order valence-electron chi connectivity index (χ1n) is 6.78. The summed E-state index contributed by atoms with van der Waals surface area (Å²) < 4.78 is 27.6. The van der Waals surface area contributed by atoms with E-state index in [1.165, 1.54) is 0 Å². The Balaban J connectivity index is 2.15. The van der Waals surface area contributed by atoms with E-state index in [4.69, 9.17) is 18.0 Å². The summed E-state index contributed by atoms with van der Waals surface area (Å²) in [5.74, 6) is 0. The molecule has 1 aliphatic carbocycles. The fraction of sp³-hybridized carbons (Fsp3) is 0.500. The molecule has 1 fully saturated rings. The molecule has 20 heavy (non-hydrogen) atoms. The molecule has 6 heteroatoms. The van der Waals surface area contributed by atoms with Gasteiger partial charge in [-0.2, -0.15) is 0 Å². The van der Waals surface area contributed by atoms with Crippen LogP contribution in [0.1, 0.15) is 38.2 Å². The number of sulfonamides is 1. The highest BCUT2D eigenvalue weighted by molar-refractivity contribution is 7.89. The van der Waals surface area contributed by atoms with E-state index in [1.807, 2.05) is 6.92 Å². The molecule has 1 aromatic rings. The third kappa shape index (κ3) is 3.37. The smallest absolute Gasteiger partial charge is 0.241 e. The van der Waals surface area contributed by atoms with Crippen LogP contribution in [-0.2, 0) is 16.4 Å². The lowest BCUT2D eigenvalue weighted by Gasteiger charge is -2.41. The lowest BCUT2D eigenvalue weighted by Crippen LogP contribution is -2.52. The molecule has 1 saturated carbocycles. The molecular formula is C14H20N2O2S2. The minimum absolute atomic E-state index is 0.240. The fourth-order valence-electron chi connectivity index (χ4n) is 2.46. The molecule has 0 heterocycles. The number of nitrogens with one attached hydrogen (secondary N) is 1. The zero-order chi connectivity index (χ0) is 14.8. The summed E-state index contributed by atoms with van der Waals surface area (Å²) in [5, 5.41) is 0. The molecule has 3 N–H and O–H groups in total. The molecule has 0 unspecified atom stereocenters. The minimum atomic E-state index is -3.45. The molecule has 0 radical (unpaired) electrons. The van der Waals surface area contributed by atoms with Crippen LogP contribution in [0.25, 0.3) is 0 Å². The summed E-state index contributed by atoms with van der Waals surface area (Å²) in [4.78, 5) is 0.696. The summed E-state index contributed by atoms with van der Waals surface area (Å²) in [6.07, 6.45) is 4.24. The Kier molecular flexibility index (Phi) is 4.46. The van der Waals surface area contributed by atoms with Crippen LogP contribution >= 0.6 is 12.2 Å². The van der Waals surface area contributed by atoms with Crippen molar-refractivity contribution in [3.05, 3.63) is 29.8 Å². The van der Waals surface area contributed by atoms with Crippen LogP contribution in [0.4, 0.5) is 0 Å². The van der Waals surface area contributed by atoms with Crippen LogP contribution in [0.2, 0.25) is 0 Å². The first kappa shape index (κ1) is 15.4. The summed E-state index contributed by atoms with van der Waals surface area (Å²) in [5.41, 5.74) is 6.16. The van der Waals surface area contributed by atoms with Crippen LogP contribution in [0.5, 0.6) is 0 Å². The zero-order valence-electron chi connectivity index (χ0n) is 11.6. The van der Waals surface area contributed by atoms with Crippen molar-refractivity contribution in [2.75, 3.05) is 0 Å². The average Bonchev–Trinajstić information content (AvgIpc) is 2.34. The van der Waals surface area contributed by atoms with Gasteiger partial charge in [-0.25, -0.2) is 13.1 Å². The van der Waals surface area contributed by atoms with E-state index in [0.717, 1.165) is 31.2 Å². The molecule has 0 atom stereocenters. The van der Waals surface area contributed by atoms with Crippen molar-refractivity contribution in [2.45, 2.75) is 49.5 Å². The number of thiocarbonyl (C=S) groups is 1. The van der Waals surface area contributed by atoms with E-state index < -0.39 is 10.0 Å². The average molecular weight is 312 g/mol. The predicted octanol–water partition coefficient (Wildman–Crippen LogP) is 2.13. The van der Waals surface area contributed by atoms with Crippen molar-refractivity contribution in [3.8, 4) is 0 Å². The molecule has 0 aliphatic heterocycles. The van der Waals surface area contributed by atoms with Crippen molar-refractivity contribution in [2.24, 2.45) is 5.73 Å². The standard InChI is InChI=1S/C14H20N2O2S2/c1-2-14(8-3-9-14)16-20(17,18)12-6-4-11(5-7-12)10-13(15)19/h4-7,16H,2-3,8-10H2,1H3,(H2,15,19). The number of hydrogen-bond donors (Lipinski definition) is 2. The first-order chi connectivity index (χ1) is 9.37. The molecule has 0 saturated heterocycles. The Morgan fingerprint density at radius 3 is 2.35 bits per heavy atom. The molecule has 110 valence electrons. The van der Waals surface area contributed by atoms with E-state index in [2.05, 4.69) is 4.72 Å². The van der Waals surface area contributed by atoms with Crippen LogP contribution in [-0.4, -0.2) is 18.9 Å². The lowest BCUT2D eigenvalue weighted by atomic mass is 9.76. The Morgan fingerprint density at radius 1 is 1.35 bits per heavy atom. The molecule has 1 aliphatic rings. The second kappa shape index (κ2) is 5.79. The van der Waals surface area contributed by atoms with E-state index in [0.29, 0.717) is 16.3 Å². The van der Waals surface area contributed by atoms with Crippen LogP contribution in [0.15, 0.2) is 29.2 Å². The largest absolute Gasteiger partial charge is 0.393 e. The minimum Gasteiger partial charge on any atom is -0.393 e. The van der Waals surface area contributed by atoms with Gasteiger partial charge in [-0.05, 0) is 43.4 Å².